The third kappa shape index (κ3) is 10.1. The molecule has 0 bridgehead atoms. The number of H-pyrrole nitrogens is 2. The molecule has 4 unspecified atom stereocenters. The van der Waals surface area contributed by atoms with E-state index in [2.05, 4.69) is 56.2 Å². The Labute approximate surface area is 322 Å². The number of aliphatic hydroxyl groups is 4. The molecule has 0 saturated carbocycles. The van der Waals surface area contributed by atoms with E-state index in [1.54, 1.807) is 0 Å². The molecule has 2 aliphatic heterocycles. The number of aromatic amines is 2. The summed E-state index contributed by atoms with van der Waals surface area (Å²) in [7, 11) is -31.1. The molecular weight excluding hydrogens is 919 g/mol. The summed E-state index contributed by atoms with van der Waals surface area (Å²) in [6.07, 6.45) is -12.3. The molecule has 2 saturated heterocycles. The molecule has 34 nitrogen and oxygen atoms in total. The monoisotopic (exact) mass is 948 g/mol. The Balaban J connectivity index is 1.01. The molecule has 328 valence electrons. The Hall–Kier alpha value is -3.23. The van der Waals surface area contributed by atoms with Gasteiger partial charge in [0, 0.05) is 0 Å². The van der Waals surface area contributed by atoms with Crippen LogP contribution in [0.25, 0.3) is 22.3 Å². The Bertz CT molecular complexity index is 2450. The average molecular weight is 948 g/mol. The maximum absolute atomic E-state index is 12.4. The van der Waals surface area contributed by atoms with Crippen molar-refractivity contribution in [1.29, 1.82) is 0 Å². The highest BCUT2D eigenvalue weighted by molar-refractivity contribution is 7.71. The number of nitrogens with one attached hydrogen (secondary N) is 2. The van der Waals surface area contributed by atoms with Crippen LogP contribution in [0.1, 0.15) is 12.5 Å². The smallest absolute Gasteiger partial charge is 0.387 e. The van der Waals surface area contributed by atoms with E-state index < -0.39 is 113 Å². The molecular formula is C20H29N10O24P5. The summed E-state index contributed by atoms with van der Waals surface area (Å²) in [6.45, 7) is -2.47. The number of imidazole rings is 2. The first-order valence-electron chi connectivity index (χ1n) is 15.4. The number of fused-ring (bicyclic) bond motifs is 2. The summed E-state index contributed by atoms with van der Waals surface area (Å²) in [6, 6.07) is 0. The third-order valence-electron chi connectivity index (χ3n) is 7.75. The van der Waals surface area contributed by atoms with Crippen molar-refractivity contribution in [2.75, 3.05) is 24.7 Å². The van der Waals surface area contributed by atoms with Gasteiger partial charge in [0.25, 0.3) is 11.1 Å². The zero-order chi connectivity index (χ0) is 43.6. The van der Waals surface area contributed by atoms with Crippen LogP contribution in [-0.2, 0) is 58.6 Å². The second kappa shape index (κ2) is 16.2. The van der Waals surface area contributed by atoms with Gasteiger partial charge in [0.05, 0.1) is 25.9 Å². The predicted molar refractivity (Wildman–Crippen MR) is 182 cm³/mol. The van der Waals surface area contributed by atoms with Crippen LogP contribution >= 0.6 is 39.1 Å². The largest absolute Gasteiger partial charge is 0.490 e. The van der Waals surface area contributed by atoms with Crippen LogP contribution < -0.4 is 22.6 Å². The van der Waals surface area contributed by atoms with E-state index in [0.717, 1.165) is 21.8 Å². The Morgan fingerprint density at radius 3 is 1.25 bits per heavy atom. The van der Waals surface area contributed by atoms with E-state index in [4.69, 9.17) is 20.9 Å². The zero-order valence-electron chi connectivity index (χ0n) is 28.4. The maximum Gasteiger partial charge on any atom is 0.490 e. The second-order valence-corrected chi connectivity index (χ2v) is 19.7. The summed E-state index contributed by atoms with van der Waals surface area (Å²) >= 11 is 0. The lowest BCUT2D eigenvalue weighted by Gasteiger charge is -2.21. The maximum atomic E-state index is 12.4. The van der Waals surface area contributed by atoms with Crippen LogP contribution in [0.3, 0.4) is 0 Å². The minimum Gasteiger partial charge on any atom is -0.387 e. The normalized spacial score (nSPS) is 30.1. The number of rotatable bonds is 16. The average Bonchev–Trinajstić information content (AvgIpc) is 3.82. The van der Waals surface area contributed by atoms with Crippen molar-refractivity contribution in [1.82, 2.24) is 39.0 Å². The van der Waals surface area contributed by atoms with Gasteiger partial charge in [-0.15, -0.1) is 0 Å². The van der Waals surface area contributed by atoms with Crippen LogP contribution in [0.4, 0.5) is 11.9 Å². The molecule has 6 rings (SSSR count). The SMILES string of the molecule is Nc1nc2c(ncn2[C@@H]2O[C@H](COP(=O)(O)OP(=O)(O)OP(=O)(O)OP(=O)(O)OP(=O)(O)OC[C@H]3O[C@@H](n4cnc5c(=O)[nH]c(N)nc54)[C@H](O)[C@@H]3O)[C@@H](O)[C@H]2O)c(=O)[nH]1. The van der Waals surface area contributed by atoms with Gasteiger partial charge in [0.15, 0.2) is 34.8 Å². The Kier molecular flexibility index (Phi) is 12.5. The van der Waals surface area contributed by atoms with E-state index in [1.165, 1.54) is 0 Å². The number of ether oxygens (including phenoxy) is 2. The van der Waals surface area contributed by atoms with Crippen LogP contribution in [0, 0.1) is 0 Å². The van der Waals surface area contributed by atoms with Gasteiger partial charge < -0.3 is 65.8 Å². The second-order valence-electron chi connectivity index (χ2n) is 11.9. The van der Waals surface area contributed by atoms with Crippen molar-refractivity contribution >= 4 is 73.3 Å². The van der Waals surface area contributed by atoms with Gasteiger partial charge in [0.2, 0.25) is 11.9 Å². The van der Waals surface area contributed by atoms with Crippen LogP contribution in [-0.4, -0.2) is 134 Å². The molecule has 0 radical (unpaired) electrons. The van der Waals surface area contributed by atoms with E-state index in [-0.39, 0.29) is 34.2 Å². The number of aromatic nitrogens is 8. The molecule has 0 spiro atoms. The lowest BCUT2D eigenvalue weighted by Crippen LogP contribution is -2.33. The van der Waals surface area contributed by atoms with Gasteiger partial charge in [-0.2, -0.15) is 27.2 Å². The van der Waals surface area contributed by atoms with Gasteiger partial charge >= 0.3 is 39.1 Å². The first kappa shape index (κ1) is 45.3. The first-order chi connectivity index (χ1) is 27.2. The molecule has 6 heterocycles. The van der Waals surface area contributed by atoms with Gasteiger partial charge in [-0.25, -0.2) is 32.8 Å². The lowest BCUT2D eigenvalue weighted by atomic mass is 10.1. The van der Waals surface area contributed by atoms with Gasteiger partial charge in [0.1, 0.15) is 36.6 Å². The number of hydrogen-bond donors (Lipinski definition) is 13. The molecule has 39 heteroatoms. The molecule has 0 amide bonds. The van der Waals surface area contributed by atoms with E-state index >= 15 is 0 Å². The van der Waals surface area contributed by atoms with Crippen LogP contribution in [0.15, 0.2) is 22.2 Å². The highest BCUT2D eigenvalue weighted by Crippen LogP contribution is 2.73. The fourth-order valence-electron chi connectivity index (χ4n) is 5.40. The summed E-state index contributed by atoms with van der Waals surface area (Å²) in [4.78, 5) is 93.0. The number of anilines is 2. The quantitative estimate of drug-likeness (QED) is 0.0480. The molecule has 12 atom stereocenters. The van der Waals surface area contributed by atoms with Crippen molar-refractivity contribution in [3.63, 3.8) is 0 Å². The van der Waals surface area contributed by atoms with Crippen molar-refractivity contribution in [2.45, 2.75) is 49.1 Å². The number of aliphatic hydroxyl groups excluding tert-OH is 4. The highest BCUT2D eigenvalue weighted by Gasteiger charge is 2.51. The highest BCUT2D eigenvalue weighted by atomic mass is 31.3. The van der Waals surface area contributed by atoms with Crippen molar-refractivity contribution in [2.24, 2.45) is 0 Å². The Morgan fingerprint density at radius 2 is 0.915 bits per heavy atom. The Morgan fingerprint density at radius 1 is 0.593 bits per heavy atom. The topological polar surface area (TPSA) is 520 Å². The van der Waals surface area contributed by atoms with Gasteiger partial charge in [-0.05, 0) is 0 Å². The molecule has 0 aromatic carbocycles. The summed E-state index contributed by atoms with van der Waals surface area (Å²) in [5.74, 6) is -0.726. The number of nitrogens with two attached hydrogens (primary N) is 2. The number of phosphoric acid groups is 5. The van der Waals surface area contributed by atoms with E-state index in [0.29, 0.717) is 0 Å². The zero-order valence-corrected chi connectivity index (χ0v) is 32.9. The third-order valence-corrected chi connectivity index (χ3v) is 15.3. The van der Waals surface area contributed by atoms with Crippen LogP contribution in [0.2, 0.25) is 0 Å². The number of nitrogen functional groups attached to an aromatic ring is 2. The van der Waals surface area contributed by atoms with E-state index in [1.807, 2.05) is 0 Å². The van der Waals surface area contributed by atoms with Crippen molar-refractivity contribution in [3.05, 3.63) is 33.4 Å². The van der Waals surface area contributed by atoms with Crippen molar-refractivity contribution < 1.29 is 103 Å². The van der Waals surface area contributed by atoms with E-state index in [9.17, 15) is 77.3 Å². The minimum absolute atomic E-state index is 0.221. The fourth-order valence-corrected chi connectivity index (χ4v) is 11.8. The number of phosphoric ester groups is 2. The number of nitrogens with zero attached hydrogens (tertiary/aromatic N) is 6. The standard InChI is InChI=1S/C20H29N10O24P5/c21-19-25-13-7(15(35)27-19)23-3-29(13)17-11(33)9(31)5(49-17)1-47-55(37,38)51-57(41,42)53-59(45,46)54-58(43,44)52-56(39,40)48-2-6-10(32)12(34)18(50-6)30-4-24-8-14(30)26-20(22)28-16(8)36/h3-6,9-12,17-18,31-34H,1-2H2,(H,37,38)(H,39,40)(H,41,42)(H,43,44)(H,45,46)(H3,21,25,27,35)(H3,22,26,28,36)/t5-,6-,9-,10-,11-,12-,17-,18-/m1/s1. The summed E-state index contributed by atoms with van der Waals surface area (Å²) < 4.78 is 98.3. The molecule has 2 aliphatic rings. The van der Waals surface area contributed by atoms with Crippen LogP contribution in [0.5, 0.6) is 0 Å². The fraction of sp³-hybridized carbons (Fsp3) is 0.500. The predicted octanol–water partition coefficient (Wildman–Crippen LogP) is -3.74. The molecule has 15 N–H and O–H groups in total. The molecule has 59 heavy (non-hydrogen) atoms. The first-order valence-corrected chi connectivity index (χ1v) is 22.9. The molecule has 4 aromatic heterocycles. The molecule has 0 aliphatic carbocycles. The van der Waals surface area contributed by atoms with Gasteiger partial charge in [-0.3, -0.25) is 37.7 Å². The summed E-state index contributed by atoms with van der Waals surface area (Å²) in [5.41, 5.74) is 8.51. The summed E-state index contributed by atoms with van der Waals surface area (Å²) in [5, 5.41) is 41.8. The molecule has 2 fully saturated rings. The van der Waals surface area contributed by atoms with Gasteiger partial charge in [-0.1, -0.05) is 0 Å². The van der Waals surface area contributed by atoms with Crippen molar-refractivity contribution in [3.8, 4) is 0 Å². The minimum atomic E-state index is -6.49. The molecule has 4 aromatic rings. The lowest BCUT2D eigenvalue weighted by molar-refractivity contribution is -0.0503. The number of hydrogen-bond acceptors (Lipinski definition) is 25.